The molecule has 0 unspecified atom stereocenters. The minimum absolute atomic E-state index is 0.0465. The minimum atomic E-state index is -0.400. The summed E-state index contributed by atoms with van der Waals surface area (Å²) >= 11 is 0. The van der Waals surface area contributed by atoms with E-state index in [2.05, 4.69) is 10.3 Å². The van der Waals surface area contributed by atoms with Crippen molar-refractivity contribution in [2.75, 3.05) is 19.8 Å². The SMILES string of the molecule is CCOCCCNC(=O)[C@H](CC)n1c2ccccc2c2nc(=O)cc(C)n21. The van der Waals surface area contributed by atoms with Gasteiger partial charge in [-0.1, -0.05) is 19.1 Å². The molecule has 1 N–H and O–H groups in total. The number of hydrogen-bond donors (Lipinski definition) is 1. The lowest BCUT2D eigenvalue weighted by Crippen LogP contribution is -2.35. The van der Waals surface area contributed by atoms with Crippen molar-refractivity contribution in [1.29, 1.82) is 0 Å². The third-order valence-corrected chi connectivity index (χ3v) is 4.64. The van der Waals surface area contributed by atoms with Crippen molar-refractivity contribution in [1.82, 2.24) is 19.5 Å². The molecule has 27 heavy (non-hydrogen) atoms. The number of amides is 1. The number of fused-ring (bicyclic) bond motifs is 3. The molecule has 1 atom stereocenters. The first-order chi connectivity index (χ1) is 13.1. The molecular formula is C20H26N4O3. The lowest BCUT2D eigenvalue weighted by atomic mass is 10.2. The summed E-state index contributed by atoms with van der Waals surface area (Å²) in [7, 11) is 0. The number of benzene rings is 1. The van der Waals surface area contributed by atoms with E-state index >= 15 is 0 Å². The molecule has 0 saturated carbocycles. The number of aryl methyl sites for hydroxylation is 1. The monoisotopic (exact) mass is 370 g/mol. The number of aromatic nitrogens is 3. The van der Waals surface area contributed by atoms with Crippen LogP contribution in [-0.2, 0) is 9.53 Å². The summed E-state index contributed by atoms with van der Waals surface area (Å²) in [6.07, 6.45) is 1.40. The summed E-state index contributed by atoms with van der Waals surface area (Å²) in [5, 5.41) is 3.87. The standard InChI is InChI=1S/C20H26N4O3/c1-4-16(20(26)21-11-8-12-27-5-2)24-17-10-7-6-9-15(17)19-22-18(25)13-14(3)23(19)24/h6-7,9-10,13,16H,4-5,8,11-12H2,1-3H3,(H,21,26)/t16-/m0/s1. The quantitative estimate of drug-likeness (QED) is 0.618. The highest BCUT2D eigenvalue weighted by molar-refractivity contribution is 5.94. The Balaban J connectivity index is 2.02. The molecule has 0 bridgehead atoms. The Labute approximate surface area is 157 Å². The summed E-state index contributed by atoms with van der Waals surface area (Å²) in [4.78, 5) is 29.0. The lowest BCUT2D eigenvalue weighted by Gasteiger charge is -2.20. The van der Waals surface area contributed by atoms with Gasteiger partial charge in [-0.2, -0.15) is 4.98 Å². The van der Waals surface area contributed by atoms with Crippen molar-refractivity contribution < 1.29 is 9.53 Å². The number of carbonyl (C=O) groups is 1. The molecule has 7 nitrogen and oxygen atoms in total. The third kappa shape index (κ3) is 3.73. The molecule has 0 aliphatic carbocycles. The summed E-state index contributed by atoms with van der Waals surface area (Å²) in [6.45, 7) is 7.67. The fourth-order valence-electron chi connectivity index (χ4n) is 3.43. The number of ether oxygens (including phenoxy) is 1. The van der Waals surface area contributed by atoms with E-state index < -0.39 is 6.04 Å². The van der Waals surface area contributed by atoms with Crippen molar-refractivity contribution in [2.24, 2.45) is 0 Å². The van der Waals surface area contributed by atoms with Crippen molar-refractivity contribution in [3.8, 4) is 0 Å². The molecule has 0 aliphatic rings. The van der Waals surface area contributed by atoms with Gasteiger partial charge in [0.2, 0.25) is 5.91 Å². The normalized spacial score (nSPS) is 12.6. The maximum absolute atomic E-state index is 12.9. The lowest BCUT2D eigenvalue weighted by molar-refractivity contribution is -0.124. The van der Waals surface area contributed by atoms with Gasteiger partial charge in [0.05, 0.1) is 5.52 Å². The van der Waals surface area contributed by atoms with E-state index in [1.165, 1.54) is 6.07 Å². The Bertz CT molecular complexity index is 1010. The first kappa shape index (κ1) is 19.1. The number of hydrogen-bond acceptors (Lipinski definition) is 4. The van der Waals surface area contributed by atoms with E-state index in [-0.39, 0.29) is 11.5 Å². The molecule has 7 heteroatoms. The first-order valence-electron chi connectivity index (χ1n) is 9.43. The summed E-state index contributed by atoms with van der Waals surface area (Å²) < 4.78 is 9.14. The highest BCUT2D eigenvalue weighted by Crippen LogP contribution is 2.26. The van der Waals surface area contributed by atoms with Gasteiger partial charge in [-0.05, 0) is 38.8 Å². The molecular weight excluding hydrogens is 344 g/mol. The molecule has 144 valence electrons. The number of nitrogens with zero attached hydrogens (tertiary/aromatic N) is 3. The number of rotatable bonds is 8. The largest absolute Gasteiger partial charge is 0.382 e. The average molecular weight is 370 g/mol. The molecule has 1 aromatic carbocycles. The summed E-state index contributed by atoms with van der Waals surface area (Å²) in [5.74, 6) is -0.0465. The van der Waals surface area contributed by atoms with Crippen molar-refractivity contribution in [2.45, 2.75) is 39.7 Å². The summed E-state index contributed by atoms with van der Waals surface area (Å²) in [5.41, 5.74) is 1.95. The Hall–Kier alpha value is -2.67. The molecule has 1 amide bonds. The predicted molar refractivity (Wildman–Crippen MR) is 105 cm³/mol. The van der Waals surface area contributed by atoms with Gasteiger partial charge in [-0.25, -0.2) is 4.52 Å². The smallest absolute Gasteiger partial charge is 0.273 e. The van der Waals surface area contributed by atoms with Gasteiger partial charge in [-0.3, -0.25) is 14.3 Å². The molecule has 0 saturated heterocycles. The zero-order chi connectivity index (χ0) is 19.4. The molecule has 3 aromatic rings. The highest BCUT2D eigenvalue weighted by atomic mass is 16.5. The number of nitrogens with one attached hydrogen (secondary N) is 1. The van der Waals surface area contributed by atoms with E-state index in [0.29, 0.717) is 31.8 Å². The van der Waals surface area contributed by atoms with Crippen LogP contribution in [0.1, 0.15) is 38.4 Å². The zero-order valence-corrected chi connectivity index (χ0v) is 16.1. The van der Waals surface area contributed by atoms with Crippen LogP contribution in [0.2, 0.25) is 0 Å². The predicted octanol–water partition coefficient (Wildman–Crippen LogP) is 2.45. The molecule has 0 fully saturated rings. The van der Waals surface area contributed by atoms with Crippen LogP contribution in [0.5, 0.6) is 0 Å². The Morgan fingerprint density at radius 1 is 1.30 bits per heavy atom. The molecule has 0 spiro atoms. The Kier molecular flexibility index (Phi) is 5.91. The van der Waals surface area contributed by atoms with Crippen molar-refractivity contribution in [3.05, 3.63) is 46.4 Å². The molecule has 0 aliphatic heterocycles. The number of carbonyl (C=O) groups excluding carboxylic acids is 1. The minimum Gasteiger partial charge on any atom is -0.382 e. The van der Waals surface area contributed by atoms with Gasteiger partial charge in [0.25, 0.3) is 5.56 Å². The number of para-hydroxylation sites is 1. The van der Waals surface area contributed by atoms with E-state index in [1.807, 2.05) is 54.2 Å². The second-order valence-electron chi connectivity index (χ2n) is 6.50. The topological polar surface area (TPSA) is 77.6 Å². The van der Waals surface area contributed by atoms with Crippen LogP contribution in [0.15, 0.2) is 35.1 Å². The van der Waals surface area contributed by atoms with Gasteiger partial charge >= 0.3 is 0 Å². The Morgan fingerprint density at radius 3 is 2.81 bits per heavy atom. The van der Waals surface area contributed by atoms with Crippen LogP contribution in [-0.4, -0.2) is 39.8 Å². The first-order valence-corrected chi connectivity index (χ1v) is 9.43. The van der Waals surface area contributed by atoms with Crippen LogP contribution in [0.4, 0.5) is 0 Å². The van der Waals surface area contributed by atoms with Gasteiger partial charge < -0.3 is 10.1 Å². The van der Waals surface area contributed by atoms with Crippen LogP contribution in [0.3, 0.4) is 0 Å². The van der Waals surface area contributed by atoms with E-state index in [1.54, 1.807) is 0 Å². The van der Waals surface area contributed by atoms with Crippen LogP contribution in [0.25, 0.3) is 16.6 Å². The van der Waals surface area contributed by atoms with Gasteiger partial charge in [0.15, 0.2) is 5.65 Å². The fraction of sp³-hybridized carbons (Fsp3) is 0.450. The maximum Gasteiger partial charge on any atom is 0.273 e. The van der Waals surface area contributed by atoms with Gasteiger partial charge in [-0.15, -0.1) is 0 Å². The van der Waals surface area contributed by atoms with Crippen molar-refractivity contribution >= 4 is 22.5 Å². The maximum atomic E-state index is 12.9. The second-order valence-corrected chi connectivity index (χ2v) is 6.50. The highest BCUT2D eigenvalue weighted by Gasteiger charge is 2.24. The van der Waals surface area contributed by atoms with Gasteiger partial charge in [0, 0.05) is 36.9 Å². The third-order valence-electron chi connectivity index (χ3n) is 4.64. The fourth-order valence-corrected chi connectivity index (χ4v) is 3.43. The van der Waals surface area contributed by atoms with E-state index in [0.717, 1.165) is 23.0 Å². The van der Waals surface area contributed by atoms with E-state index in [9.17, 15) is 9.59 Å². The Morgan fingerprint density at radius 2 is 2.07 bits per heavy atom. The summed E-state index contributed by atoms with van der Waals surface area (Å²) in [6, 6.07) is 8.82. The molecule has 0 radical (unpaired) electrons. The average Bonchev–Trinajstić information content (AvgIpc) is 2.97. The van der Waals surface area contributed by atoms with E-state index in [4.69, 9.17) is 4.74 Å². The molecule has 3 rings (SSSR count). The van der Waals surface area contributed by atoms with Crippen molar-refractivity contribution in [3.63, 3.8) is 0 Å². The molecule has 2 heterocycles. The molecule has 2 aromatic heterocycles. The van der Waals surface area contributed by atoms with Gasteiger partial charge in [0.1, 0.15) is 6.04 Å². The zero-order valence-electron chi connectivity index (χ0n) is 16.1. The van der Waals surface area contributed by atoms with Crippen LogP contribution < -0.4 is 10.9 Å². The second kappa shape index (κ2) is 8.35. The van der Waals surface area contributed by atoms with Crippen LogP contribution in [0, 0.1) is 6.92 Å². The van der Waals surface area contributed by atoms with Crippen LogP contribution >= 0.6 is 0 Å².